The Bertz CT molecular complexity index is 446. The summed E-state index contributed by atoms with van der Waals surface area (Å²) in [5.74, 6) is 0.387. The summed E-state index contributed by atoms with van der Waals surface area (Å²) in [5, 5.41) is 3.41. The van der Waals surface area contributed by atoms with Crippen LogP contribution < -0.4 is 5.32 Å². The Morgan fingerprint density at radius 3 is 2.68 bits per heavy atom. The fourth-order valence-corrected chi connectivity index (χ4v) is 3.17. The van der Waals surface area contributed by atoms with Gasteiger partial charge in [0, 0.05) is 10.2 Å². The van der Waals surface area contributed by atoms with Crippen molar-refractivity contribution >= 4 is 27.6 Å². The molecule has 1 saturated carbocycles. The van der Waals surface area contributed by atoms with E-state index in [0.29, 0.717) is 5.92 Å². The summed E-state index contributed by atoms with van der Waals surface area (Å²) in [4.78, 5) is 12.2. The zero-order valence-electron chi connectivity index (χ0n) is 11.4. The van der Waals surface area contributed by atoms with Gasteiger partial charge in [-0.25, -0.2) is 4.79 Å². The summed E-state index contributed by atoms with van der Waals surface area (Å²) >= 11 is 3.42. The Balaban J connectivity index is 2.22. The zero-order chi connectivity index (χ0) is 13.9. The van der Waals surface area contributed by atoms with E-state index in [1.165, 1.54) is 13.5 Å². The van der Waals surface area contributed by atoms with Crippen LogP contribution in [0.25, 0.3) is 0 Å². The van der Waals surface area contributed by atoms with Gasteiger partial charge in [-0.3, -0.25) is 0 Å². The Hall–Kier alpha value is -1.03. The quantitative estimate of drug-likeness (QED) is 0.854. The molecule has 0 heterocycles. The molecular weight excluding hydrogens is 306 g/mol. The summed E-state index contributed by atoms with van der Waals surface area (Å²) in [6.45, 7) is 2.19. The number of carbonyl (C=O) groups is 1. The summed E-state index contributed by atoms with van der Waals surface area (Å²) in [6, 6.07) is 7.90. The molecular formula is C15H20BrNO2. The second-order valence-corrected chi connectivity index (χ2v) is 6.32. The number of hydrogen-bond acceptors (Lipinski definition) is 3. The molecule has 1 aromatic carbocycles. The fraction of sp³-hybridized carbons (Fsp3) is 0.533. The molecule has 1 aliphatic rings. The smallest absolute Gasteiger partial charge is 0.331 e. The highest BCUT2D eigenvalue weighted by Crippen LogP contribution is 2.36. The lowest BCUT2D eigenvalue weighted by Gasteiger charge is -2.38. The molecule has 1 fully saturated rings. The number of ether oxygens (including phenoxy) is 1. The van der Waals surface area contributed by atoms with Crippen molar-refractivity contribution in [2.45, 2.75) is 38.1 Å². The Kier molecular flexibility index (Phi) is 4.50. The number of methoxy groups -OCH3 is 1. The van der Waals surface area contributed by atoms with Gasteiger partial charge in [-0.05, 0) is 43.0 Å². The molecule has 3 nitrogen and oxygen atoms in total. The molecule has 0 spiro atoms. The van der Waals surface area contributed by atoms with Crippen molar-refractivity contribution in [3.63, 3.8) is 0 Å². The molecule has 0 amide bonds. The molecule has 2 unspecified atom stereocenters. The van der Waals surface area contributed by atoms with Crippen LogP contribution in [-0.2, 0) is 9.53 Å². The molecule has 0 bridgehead atoms. The van der Waals surface area contributed by atoms with Gasteiger partial charge in [0.15, 0.2) is 0 Å². The maximum Gasteiger partial charge on any atom is 0.331 e. The summed E-state index contributed by atoms with van der Waals surface area (Å²) < 4.78 is 6.06. The van der Waals surface area contributed by atoms with E-state index in [1.54, 1.807) is 0 Å². The standard InChI is InChI=1S/C15H20BrNO2/c1-11-4-3-9-15(10-11,14(18)19-2)17-13-7-5-12(16)6-8-13/h5-8,11,17H,3-4,9-10H2,1-2H3. The van der Waals surface area contributed by atoms with Crippen LogP contribution >= 0.6 is 15.9 Å². The number of esters is 1. The Morgan fingerprint density at radius 2 is 2.11 bits per heavy atom. The van der Waals surface area contributed by atoms with Crippen molar-refractivity contribution in [2.75, 3.05) is 12.4 Å². The van der Waals surface area contributed by atoms with Gasteiger partial charge >= 0.3 is 5.97 Å². The normalized spacial score (nSPS) is 26.8. The SMILES string of the molecule is COC(=O)C1(Nc2ccc(Br)cc2)CCCC(C)C1. The second-order valence-electron chi connectivity index (χ2n) is 5.41. The van der Waals surface area contributed by atoms with Crippen molar-refractivity contribution in [2.24, 2.45) is 5.92 Å². The first-order chi connectivity index (χ1) is 9.05. The molecule has 1 aliphatic carbocycles. The average Bonchev–Trinajstić information content (AvgIpc) is 2.40. The van der Waals surface area contributed by atoms with Crippen LogP contribution in [0.2, 0.25) is 0 Å². The van der Waals surface area contributed by atoms with Gasteiger partial charge < -0.3 is 10.1 Å². The zero-order valence-corrected chi connectivity index (χ0v) is 13.0. The van der Waals surface area contributed by atoms with E-state index in [2.05, 4.69) is 28.2 Å². The van der Waals surface area contributed by atoms with Crippen molar-refractivity contribution < 1.29 is 9.53 Å². The highest BCUT2D eigenvalue weighted by molar-refractivity contribution is 9.10. The Labute approximate surface area is 122 Å². The van der Waals surface area contributed by atoms with Crippen molar-refractivity contribution in [1.29, 1.82) is 0 Å². The number of hydrogen-bond donors (Lipinski definition) is 1. The third kappa shape index (κ3) is 3.30. The molecule has 2 rings (SSSR count). The minimum Gasteiger partial charge on any atom is -0.467 e. The predicted molar refractivity (Wildman–Crippen MR) is 80.1 cm³/mol. The molecule has 4 heteroatoms. The van der Waals surface area contributed by atoms with Gasteiger partial charge in [-0.2, -0.15) is 0 Å². The van der Waals surface area contributed by atoms with E-state index in [4.69, 9.17) is 4.74 Å². The molecule has 1 aromatic rings. The number of benzene rings is 1. The van der Waals surface area contributed by atoms with E-state index in [9.17, 15) is 4.79 Å². The first kappa shape index (κ1) is 14.4. The van der Waals surface area contributed by atoms with Crippen LogP contribution in [0.5, 0.6) is 0 Å². The van der Waals surface area contributed by atoms with Crippen LogP contribution in [-0.4, -0.2) is 18.6 Å². The summed E-state index contributed by atoms with van der Waals surface area (Å²) in [5.41, 5.74) is 0.392. The van der Waals surface area contributed by atoms with Crippen molar-refractivity contribution in [1.82, 2.24) is 0 Å². The van der Waals surface area contributed by atoms with Gasteiger partial charge in [0.05, 0.1) is 7.11 Å². The van der Waals surface area contributed by atoms with E-state index >= 15 is 0 Å². The van der Waals surface area contributed by atoms with E-state index < -0.39 is 5.54 Å². The lowest BCUT2D eigenvalue weighted by molar-refractivity contribution is -0.147. The third-order valence-corrected chi connectivity index (χ3v) is 4.33. The van der Waals surface area contributed by atoms with Crippen molar-refractivity contribution in [3.8, 4) is 0 Å². The summed E-state index contributed by atoms with van der Waals surface area (Å²) in [6.07, 6.45) is 3.90. The molecule has 0 aromatic heterocycles. The molecule has 0 saturated heterocycles. The lowest BCUT2D eigenvalue weighted by atomic mass is 9.76. The lowest BCUT2D eigenvalue weighted by Crippen LogP contribution is -2.50. The van der Waals surface area contributed by atoms with Gasteiger partial charge in [0.1, 0.15) is 5.54 Å². The molecule has 19 heavy (non-hydrogen) atoms. The van der Waals surface area contributed by atoms with E-state index in [-0.39, 0.29) is 5.97 Å². The van der Waals surface area contributed by atoms with Crippen LogP contribution in [0.4, 0.5) is 5.69 Å². The molecule has 2 atom stereocenters. The average molecular weight is 326 g/mol. The Morgan fingerprint density at radius 1 is 1.42 bits per heavy atom. The van der Waals surface area contributed by atoms with Gasteiger partial charge in [0.25, 0.3) is 0 Å². The van der Waals surface area contributed by atoms with Crippen LogP contribution in [0.15, 0.2) is 28.7 Å². The number of halogens is 1. The summed E-state index contributed by atoms with van der Waals surface area (Å²) in [7, 11) is 1.46. The second kappa shape index (κ2) is 5.95. The number of carbonyl (C=O) groups excluding carboxylic acids is 1. The minimum atomic E-state index is -0.569. The monoisotopic (exact) mass is 325 g/mol. The maximum atomic E-state index is 12.2. The molecule has 0 radical (unpaired) electrons. The van der Waals surface area contributed by atoms with Gasteiger partial charge in [-0.1, -0.05) is 35.7 Å². The number of anilines is 1. The molecule has 0 aliphatic heterocycles. The largest absolute Gasteiger partial charge is 0.467 e. The van der Waals surface area contributed by atoms with E-state index in [0.717, 1.165) is 29.4 Å². The number of nitrogens with one attached hydrogen (secondary N) is 1. The van der Waals surface area contributed by atoms with Crippen LogP contribution in [0.1, 0.15) is 32.6 Å². The van der Waals surface area contributed by atoms with E-state index in [1.807, 2.05) is 24.3 Å². The van der Waals surface area contributed by atoms with Crippen molar-refractivity contribution in [3.05, 3.63) is 28.7 Å². The fourth-order valence-electron chi connectivity index (χ4n) is 2.91. The first-order valence-corrected chi connectivity index (χ1v) is 7.47. The third-order valence-electron chi connectivity index (χ3n) is 3.80. The highest BCUT2D eigenvalue weighted by atomic mass is 79.9. The van der Waals surface area contributed by atoms with Gasteiger partial charge in [-0.15, -0.1) is 0 Å². The van der Waals surface area contributed by atoms with Crippen LogP contribution in [0.3, 0.4) is 0 Å². The number of rotatable bonds is 3. The minimum absolute atomic E-state index is 0.151. The maximum absolute atomic E-state index is 12.2. The highest BCUT2D eigenvalue weighted by Gasteiger charge is 2.42. The van der Waals surface area contributed by atoms with Crippen LogP contribution in [0, 0.1) is 5.92 Å². The predicted octanol–water partition coefficient (Wildman–Crippen LogP) is 3.98. The first-order valence-electron chi connectivity index (χ1n) is 6.68. The molecule has 104 valence electrons. The van der Waals surface area contributed by atoms with Gasteiger partial charge in [0.2, 0.25) is 0 Å². The molecule has 1 N–H and O–H groups in total. The topological polar surface area (TPSA) is 38.3 Å².